The Kier molecular flexibility index (Phi) is 5.14. The fraction of sp³-hybridized carbons (Fsp3) is 0.562. The molecule has 1 amide bonds. The van der Waals surface area contributed by atoms with E-state index in [4.69, 9.17) is 21.1 Å². The Morgan fingerprint density at radius 3 is 2.61 bits per heavy atom. The molecule has 0 N–H and O–H groups in total. The monoisotopic (exact) mass is 340 g/mol. The molecule has 0 radical (unpaired) electrons. The van der Waals surface area contributed by atoms with Crippen LogP contribution in [-0.2, 0) is 14.3 Å². The van der Waals surface area contributed by atoms with Crippen molar-refractivity contribution in [3.63, 3.8) is 0 Å². The highest BCUT2D eigenvalue weighted by atomic mass is 35.5. The van der Waals surface area contributed by atoms with Crippen molar-refractivity contribution in [1.82, 2.24) is 9.88 Å². The van der Waals surface area contributed by atoms with Gasteiger partial charge in [-0.2, -0.15) is 0 Å². The largest absolute Gasteiger partial charge is 0.467 e. The number of aromatic nitrogens is 1. The molecule has 6 nitrogen and oxygen atoms in total. The second-order valence-corrected chi connectivity index (χ2v) is 6.82. The number of hydrogen-bond donors (Lipinski definition) is 0. The third-order valence-electron chi connectivity index (χ3n) is 3.62. The Morgan fingerprint density at radius 1 is 1.35 bits per heavy atom. The molecule has 1 fully saturated rings. The number of amides is 1. The quantitative estimate of drug-likeness (QED) is 0.772. The first-order valence-electron chi connectivity index (χ1n) is 7.43. The number of hydrogen-bond acceptors (Lipinski definition) is 5. The van der Waals surface area contributed by atoms with E-state index in [-0.39, 0.29) is 6.04 Å². The minimum atomic E-state index is -0.684. The van der Waals surface area contributed by atoms with Gasteiger partial charge in [-0.1, -0.05) is 11.6 Å². The number of methoxy groups -OCH3 is 1. The molecule has 0 aliphatic carbocycles. The molecule has 7 heteroatoms. The van der Waals surface area contributed by atoms with E-state index in [1.54, 1.807) is 39.2 Å². The first kappa shape index (κ1) is 17.5. The van der Waals surface area contributed by atoms with Gasteiger partial charge < -0.3 is 9.47 Å². The van der Waals surface area contributed by atoms with Crippen molar-refractivity contribution in [2.75, 3.05) is 7.11 Å². The van der Waals surface area contributed by atoms with Gasteiger partial charge in [0.05, 0.1) is 13.2 Å². The lowest BCUT2D eigenvalue weighted by Crippen LogP contribution is -2.45. The number of halogens is 1. The molecule has 2 heterocycles. The number of rotatable bonds is 2. The summed E-state index contributed by atoms with van der Waals surface area (Å²) in [6, 6.07) is 0.613. The molecular formula is C16H21ClN2O4. The molecule has 0 bridgehead atoms. The summed E-state index contributed by atoms with van der Waals surface area (Å²) in [7, 11) is 1.31. The van der Waals surface area contributed by atoms with E-state index in [2.05, 4.69) is 4.98 Å². The number of ether oxygens (including phenoxy) is 2. The highest BCUT2D eigenvalue weighted by Crippen LogP contribution is 2.39. The average molecular weight is 341 g/mol. The summed E-state index contributed by atoms with van der Waals surface area (Å²) >= 11 is 6.23. The molecule has 0 saturated carbocycles. The summed E-state index contributed by atoms with van der Waals surface area (Å²) in [5.74, 6) is -0.460. The minimum absolute atomic E-state index is 0.366. The van der Waals surface area contributed by atoms with Crippen LogP contribution in [0.15, 0.2) is 18.5 Å². The van der Waals surface area contributed by atoms with E-state index in [0.29, 0.717) is 23.4 Å². The minimum Gasteiger partial charge on any atom is -0.467 e. The molecule has 126 valence electrons. The Hall–Kier alpha value is -1.82. The smallest absolute Gasteiger partial charge is 0.411 e. The third-order valence-corrected chi connectivity index (χ3v) is 3.96. The molecule has 1 aromatic rings. The van der Waals surface area contributed by atoms with Gasteiger partial charge >= 0.3 is 12.1 Å². The van der Waals surface area contributed by atoms with Crippen LogP contribution in [0.4, 0.5) is 4.79 Å². The zero-order valence-electron chi connectivity index (χ0n) is 13.7. The van der Waals surface area contributed by atoms with Crippen molar-refractivity contribution in [2.45, 2.75) is 51.3 Å². The van der Waals surface area contributed by atoms with Crippen LogP contribution in [0.25, 0.3) is 0 Å². The summed E-state index contributed by atoms with van der Waals surface area (Å²) in [6.07, 6.45) is 3.71. The van der Waals surface area contributed by atoms with Gasteiger partial charge in [0.25, 0.3) is 0 Å². The van der Waals surface area contributed by atoms with E-state index in [0.717, 1.165) is 0 Å². The summed E-state index contributed by atoms with van der Waals surface area (Å²) in [6.45, 7) is 5.33. The van der Waals surface area contributed by atoms with Gasteiger partial charge in [-0.25, -0.2) is 9.59 Å². The molecule has 0 spiro atoms. The van der Waals surface area contributed by atoms with E-state index in [1.807, 2.05) is 0 Å². The Labute approximate surface area is 140 Å². The molecule has 1 aromatic heterocycles. The fourth-order valence-electron chi connectivity index (χ4n) is 2.69. The van der Waals surface area contributed by atoms with Crippen LogP contribution in [0, 0.1) is 0 Å². The molecule has 0 aromatic carbocycles. The predicted molar refractivity (Wildman–Crippen MR) is 85.1 cm³/mol. The highest BCUT2D eigenvalue weighted by Gasteiger charge is 2.44. The number of likely N-dealkylation sites (tertiary alicyclic amines) is 1. The molecule has 1 aliphatic rings. The van der Waals surface area contributed by atoms with Gasteiger partial charge in [0, 0.05) is 23.0 Å². The number of carbonyl (C=O) groups is 2. The van der Waals surface area contributed by atoms with Crippen molar-refractivity contribution in [3.8, 4) is 0 Å². The predicted octanol–water partition coefficient (Wildman–Crippen LogP) is 3.35. The van der Waals surface area contributed by atoms with E-state index < -0.39 is 23.7 Å². The van der Waals surface area contributed by atoms with Crippen LogP contribution in [0.5, 0.6) is 0 Å². The van der Waals surface area contributed by atoms with Gasteiger partial charge in [0.1, 0.15) is 11.6 Å². The maximum absolute atomic E-state index is 12.6. The lowest BCUT2D eigenvalue weighted by molar-refractivity contribution is -0.146. The lowest BCUT2D eigenvalue weighted by atomic mass is 10.1. The Bertz CT molecular complexity index is 600. The van der Waals surface area contributed by atoms with Crippen molar-refractivity contribution in [3.05, 3.63) is 29.0 Å². The molecule has 2 unspecified atom stereocenters. The van der Waals surface area contributed by atoms with Gasteiger partial charge in [-0.05, 0) is 39.7 Å². The molecule has 1 saturated heterocycles. The number of pyridine rings is 1. The van der Waals surface area contributed by atoms with E-state index in [1.165, 1.54) is 12.0 Å². The second-order valence-electron chi connectivity index (χ2n) is 6.42. The number of carbonyl (C=O) groups excluding carboxylic acids is 2. The molecule has 23 heavy (non-hydrogen) atoms. The van der Waals surface area contributed by atoms with Crippen LogP contribution < -0.4 is 0 Å². The van der Waals surface area contributed by atoms with Gasteiger partial charge in [-0.3, -0.25) is 9.88 Å². The standard InChI is InChI=1S/C16H21ClN2O4/c1-16(2,3)23-15(21)19-12(5-6-13(19)14(20)22-4)10-9-18-8-7-11(10)17/h7-9,12-13H,5-6H2,1-4H3. The summed E-state index contributed by atoms with van der Waals surface area (Å²) in [4.78, 5) is 30.1. The van der Waals surface area contributed by atoms with E-state index in [9.17, 15) is 9.59 Å². The summed E-state index contributed by atoms with van der Waals surface area (Å²) < 4.78 is 10.3. The Balaban J connectivity index is 2.36. The zero-order valence-corrected chi connectivity index (χ0v) is 14.5. The normalized spacial score (nSPS) is 21.2. The maximum Gasteiger partial charge on any atom is 0.411 e. The van der Waals surface area contributed by atoms with Crippen LogP contribution in [0.2, 0.25) is 5.02 Å². The SMILES string of the molecule is COC(=O)C1CCC(c2cnccc2Cl)N1C(=O)OC(C)(C)C. The molecule has 1 aliphatic heterocycles. The Morgan fingerprint density at radius 2 is 2.04 bits per heavy atom. The maximum atomic E-state index is 12.6. The van der Waals surface area contributed by atoms with Crippen molar-refractivity contribution in [1.29, 1.82) is 0 Å². The molecule has 2 atom stereocenters. The third kappa shape index (κ3) is 3.93. The second kappa shape index (κ2) is 6.74. The van der Waals surface area contributed by atoms with E-state index >= 15 is 0 Å². The van der Waals surface area contributed by atoms with Gasteiger partial charge in [-0.15, -0.1) is 0 Å². The average Bonchev–Trinajstić information content (AvgIpc) is 2.90. The first-order chi connectivity index (χ1) is 10.7. The van der Waals surface area contributed by atoms with Crippen molar-refractivity contribution in [2.24, 2.45) is 0 Å². The summed E-state index contributed by atoms with van der Waals surface area (Å²) in [5, 5.41) is 0.504. The van der Waals surface area contributed by atoms with Gasteiger partial charge in [0.2, 0.25) is 0 Å². The lowest BCUT2D eigenvalue weighted by Gasteiger charge is -2.31. The van der Waals surface area contributed by atoms with Crippen LogP contribution >= 0.6 is 11.6 Å². The van der Waals surface area contributed by atoms with Gasteiger partial charge in [0.15, 0.2) is 0 Å². The zero-order chi connectivity index (χ0) is 17.2. The molecular weight excluding hydrogens is 320 g/mol. The fourth-order valence-corrected chi connectivity index (χ4v) is 2.92. The summed E-state index contributed by atoms with van der Waals surface area (Å²) in [5.41, 5.74) is 0.0373. The van der Waals surface area contributed by atoms with Crippen molar-refractivity contribution < 1.29 is 19.1 Å². The highest BCUT2D eigenvalue weighted by molar-refractivity contribution is 6.31. The topological polar surface area (TPSA) is 68.7 Å². The van der Waals surface area contributed by atoms with Crippen LogP contribution in [0.3, 0.4) is 0 Å². The van der Waals surface area contributed by atoms with Crippen LogP contribution in [-0.4, -0.2) is 40.7 Å². The van der Waals surface area contributed by atoms with Crippen LogP contribution in [0.1, 0.15) is 45.2 Å². The molecule has 2 rings (SSSR count). The van der Waals surface area contributed by atoms with Crippen molar-refractivity contribution >= 4 is 23.7 Å². The number of esters is 1. The number of nitrogens with zero attached hydrogens (tertiary/aromatic N) is 2. The first-order valence-corrected chi connectivity index (χ1v) is 7.81.